The molecule has 3 N–H and O–H groups in total. The van der Waals surface area contributed by atoms with Crippen LogP contribution in [0.4, 0.5) is 5.95 Å². The fourth-order valence-electron chi connectivity index (χ4n) is 2.23. The van der Waals surface area contributed by atoms with Gasteiger partial charge >= 0.3 is 0 Å². The molecule has 3 rings (SSSR count). The first-order valence-electron chi connectivity index (χ1n) is 6.42. The summed E-state index contributed by atoms with van der Waals surface area (Å²) in [7, 11) is 0. The highest BCUT2D eigenvalue weighted by Gasteiger charge is 2.25. The Hall–Kier alpha value is -2.02. The van der Waals surface area contributed by atoms with Crippen LogP contribution in [0, 0.1) is 5.92 Å². The summed E-state index contributed by atoms with van der Waals surface area (Å²) in [5.41, 5.74) is 6.93. The van der Waals surface area contributed by atoms with E-state index in [0.29, 0.717) is 17.7 Å². The quantitative estimate of drug-likeness (QED) is 0.812. The average Bonchev–Trinajstić information content (AvgIpc) is 2.93. The maximum absolute atomic E-state index is 6.10. The maximum Gasteiger partial charge on any atom is 0.245 e. The molecule has 0 spiro atoms. The van der Waals surface area contributed by atoms with Crippen LogP contribution in [-0.2, 0) is 0 Å². The Morgan fingerprint density at radius 2 is 2.16 bits per heavy atom. The first-order chi connectivity index (χ1) is 9.24. The van der Waals surface area contributed by atoms with Crippen LogP contribution in [0.15, 0.2) is 18.7 Å². The molecule has 0 aliphatic carbocycles. The van der Waals surface area contributed by atoms with Crippen molar-refractivity contribution in [2.75, 3.05) is 18.0 Å². The Morgan fingerprint density at radius 1 is 1.37 bits per heavy atom. The number of nitrogens with zero attached hydrogens (tertiary/aromatic N) is 5. The van der Waals surface area contributed by atoms with E-state index in [1.54, 1.807) is 12.4 Å². The Labute approximate surface area is 111 Å². The molecule has 2 aromatic rings. The van der Waals surface area contributed by atoms with Gasteiger partial charge in [-0.25, -0.2) is 9.97 Å². The van der Waals surface area contributed by atoms with Crippen molar-refractivity contribution in [3.05, 3.63) is 18.7 Å². The number of hydrogen-bond donors (Lipinski definition) is 2. The van der Waals surface area contributed by atoms with Crippen LogP contribution in [-0.4, -0.2) is 44.3 Å². The van der Waals surface area contributed by atoms with E-state index in [-0.39, 0.29) is 6.04 Å². The minimum absolute atomic E-state index is 0.177. The fourth-order valence-corrected chi connectivity index (χ4v) is 2.23. The van der Waals surface area contributed by atoms with E-state index < -0.39 is 0 Å². The van der Waals surface area contributed by atoms with Gasteiger partial charge in [-0.05, 0) is 12.3 Å². The molecule has 2 atom stereocenters. The minimum atomic E-state index is 0.177. The molecular weight excluding hydrogens is 242 g/mol. The molecule has 3 heterocycles. The van der Waals surface area contributed by atoms with Crippen LogP contribution in [0.2, 0.25) is 0 Å². The summed E-state index contributed by atoms with van der Waals surface area (Å²) < 4.78 is 0. The molecule has 0 amide bonds. The molecule has 1 aliphatic heterocycles. The topological polar surface area (TPSA) is 96.6 Å². The van der Waals surface area contributed by atoms with Crippen molar-refractivity contribution in [1.29, 1.82) is 0 Å². The Kier molecular flexibility index (Phi) is 3.12. The van der Waals surface area contributed by atoms with Gasteiger partial charge in [-0.3, -0.25) is 5.10 Å². The number of hydrogen-bond acceptors (Lipinski definition) is 6. The first-order valence-corrected chi connectivity index (χ1v) is 6.42. The number of nitrogens with two attached hydrogens (primary N) is 1. The van der Waals surface area contributed by atoms with Gasteiger partial charge in [-0.15, -0.1) is 5.10 Å². The van der Waals surface area contributed by atoms with Gasteiger partial charge in [0, 0.05) is 31.5 Å². The summed E-state index contributed by atoms with van der Waals surface area (Å²) in [4.78, 5) is 14.6. The second-order valence-electron chi connectivity index (χ2n) is 4.99. The van der Waals surface area contributed by atoms with Crippen LogP contribution < -0.4 is 10.6 Å². The number of aromatic nitrogens is 5. The summed E-state index contributed by atoms with van der Waals surface area (Å²) in [6, 6.07) is 0.177. The van der Waals surface area contributed by atoms with Gasteiger partial charge in [0.1, 0.15) is 6.33 Å². The molecule has 0 aromatic carbocycles. The van der Waals surface area contributed by atoms with E-state index in [4.69, 9.17) is 5.73 Å². The van der Waals surface area contributed by atoms with Gasteiger partial charge in [0.05, 0.1) is 5.56 Å². The zero-order valence-electron chi connectivity index (χ0n) is 10.8. The lowest BCUT2D eigenvalue weighted by Crippen LogP contribution is -2.48. The van der Waals surface area contributed by atoms with Crippen LogP contribution in [0.1, 0.15) is 13.3 Å². The van der Waals surface area contributed by atoms with Crippen molar-refractivity contribution in [2.45, 2.75) is 19.4 Å². The van der Waals surface area contributed by atoms with E-state index in [9.17, 15) is 0 Å². The van der Waals surface area contributed by atoms with Crippen molar-refractivity contribution in [3.8, 4) is 11.4 Å². The third kappa shape index (κ3) is 2.41. The molecule has 2 unspecified atom stereocenters. The smallest absolute Gasteiger partial charge is 0.245 e. The summed E-state index contributed by atoms with van der Waals surface area (Å²) in [5, 5.41) is 7.18. The maximum atomic E-state index is 6.10. The van der Waals surface area contributed by atoms with Crippen molar-refractivity contribution < 1.29 is 0 Å². The summed E-state index contributed by atoms with van der Waals surface area (Å²) in [6.45, 7) is 3.92. The highest BCUT2D eigenvalue weighted by Crippen LogP contribution is 2.21. The van der Waals surface area contributed by atoms with Crippen LogP contribution in [0.5, 0.6) is 0 Å². The van der Waals surface area contributed by atoms with Crippen LogP contribution >= 0.6 is 0 Å². The number of anilines is 1. The van der Waals surface area contributed by atoms with Gasteiger partial charge in [-0.1, -0.05) is 6.92 Å². The average molecular weight is 259 g/mol. The Bertz CT molecular complexity index is 538. The Morgan fingerprint density at radius 3 is 2.89 bits per heavy atom. The van der Waals surface area contributed by atoms with Crippen molar-refractivity contribution in [1.82, 2.24) is 25.1 Å². The summed E-state index contributed by atoms with van der Waals surface area (Å²) in [5.74, 6) is 1.93. The largest absolute Gasteiger partial charge is 0.338 e. The van der Waals surface area contributed by atoms with Gasteiger partial charge in [0.2, 0.25) is 5.95 Å². The minimum Gasteiger partial charge on any atom is -0.338 e. The lowest BCUT2D eigenvalue weighted by molar-refractivity contribution is 0.376. The predicted molar refractivity (Wildman–Crippen MR) is 71.4 cm³/mol. The second kappa shape index (κ2) is 4.93. The van der Waals surface area contributed by atoms with E-state index in [1.165, 1.54) is 6.33 Å². The third-order valence-corrected chi connectivity index (χ3v) is 3.61. The number of piperidine rings is 1. The number of aromatic amines is 1. The third-order valence-electron chi connectivity index (χ3n) is 3.61. The van der Waals surface area contributed by atoms with Gasteiger partial charge in [-0.2, -0.15) is 4.98 Å². The molecule has 1 fully saturated rings. The first kappa shape index (κ1) is 12.0. The molecule has 1 saturated heterocycles. The summed E-state index contributed by atoms with van der Waals surface area (Å²) >= 11 is 0. The molecule has 7 nitrogen and oxygen atoms in total. The molecule has 2 aromatic heterocycles. The monoisotopic (exact) mass is 259 g/mol. The zero-order valence-corrected chi connectivity index (χ0v) is 10.8. The summed E-state index contributed by atoms with van der Waals surface area (Å²) in [6.07, 6.45) is 5.98. The van der Waals surface area contributed by atoms with Crippen molar-refractivity contribution >= 4 is 5.95 Å². The highest BCUT2D eigenvalue weighted by atomic mass is 15.4. The molecule has 1 aliphatic rings. The lowest BCUT2D eigenvalue weighted by Gasteiger charge is -2.34. The van der Waals surface area contributed by atoms with Crippen molar-refractivity contribution in [2.24, 2.45) is 11.7 Å². The molecule has 0 bridgehead atoms. The molecular formula is C12H17N7. The molecule has 7 heteroatoms. The Balaban J connectivity index is 1.79. The second-order valence-corrected chi connectivity index (χ2v) is 4.99. The molecule has 19 heavy (non-hydrogen) atoms. The van der Waals surface area contributed by atoms with E-state index >= 15 is 0 Å². The predicted octanol–water partition coefficient (Wildman–Crippen LogP) is 0.435. The standard InChI is InChI=1S/C12H17N7/c1-8-2-3-19(6-10(8)13)12-16-11(17-18-12)9-4-14-7-15-5-9/h4-5,7-8,10H,2-3,6,13H2,1H3,(H,16,17,18). The van der Waals surface area contributed by atoms with E-state index in [0.717, 1.165) is 25.1 Å². The number of nitrogens with one attached hydrogen (secondary N) is 1. The molecule has 0 saturated carbocycles. The lowest BCUT2D eigenvalue weighted by atomic mass is 9.95. The number of rotatable bonds is 2. The van der Waals surface area contributed by atoms with Gasteiger partial charge in [0.25, 0.3) is 0 Å². The van der Waals surface area contributed by atoms with Crippen molar-refractivity contribution in [3.63, 3.8) is 0 Å². The van der Waals surface area contributed by atoms with Gasteiger partial charge in [0.15, 0.2) is 5.82 Å². The van der Waals surface area contributed by atoms with E-state index in [1.807, 2.05) is 0 Å². The normalized spacial score (nSPS) is 23.6. The number of H-pyrrole nitrogens is 1. The van der Waals surface area contributed by atoms with Crippen LogP contribution in [0.3, 0.4) is 0 Å². The van der Waals surface area contributed by atoms with Gasteiger partial charge < -0.3 is 10.6 Å². The fraction of sp³-hybridized carbons (Fsp3) is 0.500. The van der Waals surface area contributed by atoms with E-state index in [2.05, 4.69) is 37.0 Å². The van der Waals surface area contributed by atoms with Crippen LogP contribution in [0.25, 0.3) is 11.4 Å². The SMILES string of the molecule is CC1CCN(c2n[nH]c(-c3cncnc3)n2)CC1N. The molecule has 100 valence electrons. The zero-order chi connectivity index (χ0) is 13.2. The highest BCUT2D eigenvalue weighted by molar-refractivity contribution is 5.53. The molecule has 0 radical (unpaired) electrons.